The zero-order valence-electron chi connectivity index (χ0n) is 12.0. The lowest BCUT2D eigenvalue weighted by Gasteiger charge is -2.25. The number of nitrogens with one attached hydrogen (secondary N) is 1. The summed E-state index contributed by atoms with van der Waals surface area (Å²) in [6.45, 7) is 10.7. The molecule has 0 radical (unpaired) electrons. The lowest BCUT2D eigenvalue weighted by atomic mass is 9.85. The summed E-state index contributed by atoms with van der Waals surface area (Å²) in [4.78, 5) is 10.8. The van der Waals surface area contributed by atoms with Gasteiger partial charge >= 0.3 is 5.97 Å². The summed E-state index contributed by atoms with van der Waals surface area (Å²) >= 11 is 0. The summed E-state index contributed by atoms with van der Waals surface area (Å²) < 4.78 is 5.46. The fraction of sp³-hybridized carbons (Fsp3) is 0.929. The van der Waals surface area contributed by atoms with Gasteiger partial charge in [-0.05, 0) is 37.1 Å². The van der Waals surface area contributed by atoms with Crippen molar-refractivity contribution in [1.29, 1.82) is 0 Å². The maximum Gasteiger partial charge on any atom is 0.332 e. The number of carboxylic acids is 1. The second kappa shape index (κ2) is 7.10. The Balaban J connectivity index is 2.24. The maximum absolute atomic E-state index is 10.8. The van der Waals surface area contributed by atoms with E-state index >= 15 is 0 Å². The number of carboxylic acid groups (broad SMARTS) is 1. The number of rotatable bonds is 7. The standard InChI is InChI=1S/C14H27NO3/c1-9(2)12(10(3)4)8-15-7-11-5-6-13(18-11)14(16)17/h9-13,15H,5-8H2,1-4H3,(H,16,17). The minimum Gasteiger partial charge on any atom is -0.479 e. The summed E-state index contributed by atoms with van der Waals surface area (Å²) in [6, 6.07) is 0. The quantitative estimate of drug-likeness (QED) is 0.733. The van der Waals surface area contributed by atoms with E-state index in [1.54, 1.807) is 0 Å². The van der Waals surface area contributed by atoms with Crippen LogP contribution in [0.3, 0.4) is 0 Å². The van der Waals surface area contributed by atoms with E-state index in [1.165, 1.54) is 0 Å². The average Bonchev–Trinajstić information content (AvgIpc) is 2.71. The Morgan fingerprint density at radius 1 is 1.28 bits per heavy atom. The van der Waals surface area contributed by atoms with E-state index in [0.29, 0.717) is 24.2 Å². The molecular weight excluding hydrogens is 230 g/mol. The van der Waals surface area contributed by atoms with Crippen molar-refractivity contribution in [3.05, 3.63) is 0 Å². The molecule has 1 heterocycles. The van der Waals surface area contributed by atoms with Gasteiger partial charge in [0.05, 0.1) is 6.10 Å². The maximum atomic E-state index is 10.8. The Morgan fingerprint density at radius 2 is 1.89 bits per heavy atom. The van der Waals surface area contributed by atoms with Crippen LogP contribution < -0.4 is 5.32 Å². The van der Waals surface area contributed by atoms with E-state index in [-0.39, 0.29) is 6.10 Å². The molecule has 0 aromatic heterocycles. The van der Waals surface area contributed by atoms with E-state index < -0.39 is 12.1 Å². The van der Waals surface area contributed by atoms with Crippen molar-refractivity contribution >= 4 is 5.97 Å². The first kappa shape index (κ1) is 15.4. The predicted molar refractivity (Wildman–Crippen MR) is 71.6 cm³/mol. The first-order valence-electron chi connectivity index (χ1n) is 7.00. The van der Waals surface area contributed by atoms with Gasteiger partial charge in [-0.3, -0.25) is 0 Å². The third-order valence-electron chi connectivity index (χ3n) is 3.85. The number of hydrogen-bond donors (Lipinski definition) is 2. The summed E-state index contributed by atoms with van der Waals surface area (Å²) in [5.74, 6) is 1.14. The SMILES string of the molecule is CC(C)C(CNCC1CCC(C(=O)O)O1)C(C)C. The highest BCUT2D eigenvalue weighted by atomic mass is 16.5. The average molecular weight is 257 g/mol. The Kier molecular flexibility index (Phi) is 6.09. The van der Waals surface area contributed by atoms with E-state index in [2.05, 4.69) is 33.0 Å². The van der Waals surface area contributed by atoms with Crippen LogP contribution in [-0.2, 0) is 9.53 Å². The summed E-state index contributed by atoms with van der Waals surface area (Å²) in [5, 5.41) is 12.3. The number of ether oxygens (including phenoxy) is 1. The van der Waals surface area contributed by atoms with Gasteiger partial charge in [0, 0.05) is 6.54 Å². The molecule has 1 saturated heterocycles. The van der Waals surface area contributed by atoms with Crippen molar-refractivity contribution in [2.45, 2.75) is 52.7 Å². The van der Waals surface area contributed by atoms with Gasteiger partial charge in [0.2, 0.25) is 0 Å². The van der Waals surface area contributed by atoms with Gasteiger partial charge in [-0.2, -0.15) is 0 Å². The molecular formula is C14H27NO3. The van der Waals surface area contributed by atoms with Gasteiger partial charge in [-0.25, -0.2) is 4.79 Å². The van der Waals surface area contributed by atoms with Gasteiger partial charge in [0.25, 0.3) is 0 Å². The summed E-state index contributed by atoms with van der Waals surface area (Å²) in [7, 11) is 0. The Hall–Kier alpha value is -0.610. The molecule has 0 saturated carbocycles. The lowest BCUT2D eigenvalue weighted by Crippen LogP contribution is -2.35. The largest absolute Gasteiger partial charge is 0.479 e. The fourth-order valence-electron chi connectivity index (χ4n) is 2.69. The van der Waals surface area contributed by atoms with E-state index in [4.69, 9.17) is 9.84 Å². The van der Waals surface area contributed by atoms with Crippen LogP contribution in [0.4, 0.5) is 0 Å². The molecule has 4 nitrogen and oxygen atoms in total. The number of aliphatic carboxylic acids is 1. The topological polar surface area (TPSA) is 58.6 Å². The smallest absolute Gasteiger partial charge is 0.332 e. The predicted octanol–water partition coefficient (Wildman–Crippen LogP) is 2.14. The third-order valence-corrected chi connectivity index (χ3v) is 3.85. The van der Waals surface area contributed by atoms with Crippen LogP contribution in [0.15, 0.2) is 0 Å². The van der Waals surface area contributed by atoms with Gasteiger partial charge in [-0.1, -0.05) is 27.7 Å². The van der Waals surface area contributed by atoms with Crippen molar-refractivity contribution in [3.8, 4) is 0 Å². The van der Waals surface area contributed by atoms with Crippen LogP contribution in [0.5, 0.6) is 0 Å². The third kappa shape index (κ3) is 4.58. The highest BCUT2D eigenvalue weighted by Crippen LogP contribution is 2.21. The minimum absolute atomic E-state index is 0.0612. The van der Waals surface area contributed by atoms with E-state index in [9.17, 15) is 4.79 Å². The monoisotopic (exact) mass is 257 g/mol. The second-order valence-electron chi connectivity index (χ2n) is 5.97. The van der Waals surface area contributed by atoms with Crippen LogP contribution >= 0.6 is 0 Å². The van der Waals surface area contributed by atoms with Crippen LogP contribution in [0.1, 0.15) is 40.5 Å². The molecule has 0 bridgehead atoms. The van der Waals surface area contributed by atoms with Gasteiger partial charge in [0.15, 0.2) is 6.10 Å². The van der Waals surface area contributed by atoms with Crippen LogP contribution in [-0.4, -0.2) is 36.4 Å². The van der Waals surface area contributed by atoms with Gasteiger partial charge < -0.3 is 15.2 Å². The van der Waals surface area contributed by atoms with Crippen molar-refractivity contribution in [2.24, 2.45) is 17.8 Å². The fourth-order valence-corrected chi connectivity index (χ4v) is 2.69. The first-order valence-corrected chi connectivity index (χ1v) is 7.00. The van der Waals surface area contributed by atoms with Crippen molar-refractivity contribution < 1.29 is 14.6 Å². The van der Waals surface area contributed by atoms with Crippen molar-refractivity contribution in [2.75, 3.05) is 13.1 Å². The van der Waals surface area contributed by atoms with Crippen LogP contribution in [0, 0.1) is 17.8 Å². The van der Waals surface area contributed by atoms with Crippen molar-refractivity contribution in [1.82, 2.24) is 5.32 Å². The van der Waals surface area contributed by atoms with E-state index in [0.717, 1.165) is 19.5 Å². The molecule has 0 amide bonds. The molecule has 0 aromatic rings. The lowest BCUT2D eigenvalue weighted by molar-refractivity contribution is -0.149. The van der Waals surface area contributed by atoms with E-state index in [1.807, 2.05) is 0 Å². The molecule has 106 valence electrons. The Morgan fingerprint density at radius 3 is 2.33 bits per heavy atom. The zero-order valence-corrected chi connectivity index (χ0v) is 12.0. The Labute approximate surface area is 110 Å². The molecule has 2 unspecified atom stereocenters. The molecule has 2 atom stereocenters. The molecule has 1 rings (SSSR count). The van der Waals surface area contributed by atoms with Gasteiger partial charge in [0.1, 0.15) is 0 Å². The highest BCUT2D eigenvalue weighted by molar-refractivity contribution is 5.72. The molecule has 0 spiro atoms. The van der Waals surface area contributed by atoms with Crippen LogP contribution in [0.25, 0.3) is 0 Å². The molecule has 18 heavy (non-hydrogen) atoms. The second-order valence-corrected chi connectivity index (χ2v) is 5.97. The van der Waals surface area contributed by atoms with Crippen molar-refractivity contribution in [3.63, 3.8) is 0 Å². The first-order chi connectivity index (χ1) is 8.41. The zero-order chi connectivity index (χ0) is 13.7. The summed E-state index contributed by atoms with van der Waals surface area (Å²) in [5.41, 5.74) is 0. The van der Waals surface area contributed by atoms with Gasteiger partial charge in [-0.15, -0.1) is 0 Å². The molecule has 4 heteroatoms. The number of carbonyl (C=O) groups is 1. The molecule has 1 aliphatic heterocycles. The molecule has 0 aromatic carbocycles. The minimum atomic E-state index is -0.834. The summed E-state index contributed by atoms with van der Waals surface area (Å²) in [6.07, 6.45) is 0.950. The highest BCUT2D eigenvalue weighted by Gasteiger charge is 2.30. The van der Waals surface area contributed by atoms with Crippen LogP contribution in [0.2, 0.25) is 0 Å². The Bertz CT molecular complexity index is 258. The molecule has 0 aliphatic carbocycles. The molecule has 1 aliphatic rings. The molecule has 2 N–H and O–H groups in total. The number of hydrogen-bond acceptors (Lipinski definition) is 3. The normalized spacial score (nSPS) is 24.4. The molecule has 1 fully saturated rings.